The van der Waals surface area contributed by atoms with Gasteiger partial charge in [-0.05, 0) is 55.0 Å². The second kappa shape index (κ2) is 9.13. The van der Waals surface area contributed by atoms with Crippen molar-refractivity contribution in [3.8, 4) is 5.75 Å². The molecule has 1 heterocycles. The molecule has 0 bridgehead atoms. The highest BCUT2D eigenvalue weighted by Gasteiger charge is 2.26. The molecule has 154 valence electrons. The van der Waals surface area contributed by atoms with Crippen molar-refractivity contribution in [1.29, 1.82) is 0 Å². The third-order valence-corrected chi connectivity index (χ3v) is 6.46. The summed E-state index contributed by atoms with van der Waals surface area (Å²) in [5, 5.41) is 6.62. The van der Waals surface area contributed by atoms with Crippen LogP contribution in [0.1, 0.15) is 49.6 Å². The third kappa shape index (κ3) is 4.39. The summed E-state index contributed by atoms with van der Waals surface area (Å²) in [6.45, 7) is 0.452. The van der Waals surface area contributed by atoms with Crippen LogP contribution < -0.4 is 15.4 Å². The van der Waals surface area contributed by atoms with Crippen LogP contribution in [0.2, 0.25) is 0 Å². The largest absolute Gasteiger partial charge is 0.497 e. The lowest BCUT2D eigenvalue weighted by Crippen LogP contribution is -2.25. The van der Waals surface area contributed by atoms with E-state index in [1.165, 1.54) is 16.2 Å². The van der Waals surface area contributed by atoms with Crippen molar-refractivity contribution < 1.29 is 14.3 Å². The van der Waals surface area contributed by atoms with Crippen LogP contribution in [0.25, 0.3) is 0 Å². The number of thiophene rings is 1. The first-order chi connectivity index (χ1) is 14.7. The zero-order valence-corrected chi connectivity index (χ0v) is 17.7. The highest BCUT2D eigenvalue weighted by Crippen LogP contribution is 2.38. The molecule has 2 aromatic carbocycles. The molecule has 0 unspecified atom stereocenters. The topological polar surface area (TPSA) is 67.4 Å². The van der Waals surface area contributed by atoms with Crippen molar-refractivity contribution in [3.05, 3.63) is 81.7 Å². The number of benzene rings is 2. The van der Waals surface area contributed by atoms with E-state index in [4.69, 9.17) is 4.74 Å². The van der Waals surface area contributed by atoms with Gasteiger partial charge >= 0.3 is 0 Å². The Bertz CT molecular complexity index is 1060. The number of nitrogens with one attached hydrogen (secondary N) is 2. The molecule has 30 heavy (non-hydrogen) atoms. The smallest absolute Gasteiger partial charge is 0.256 e. The molecule has 4 rings (SSSR count). The highest BCUT2D eigenvalue weighted by atomic mass is 32.1. The average molecular weight is 421 g/mol. The number of fused-ring (bicyclic) bond motifs is 1. The average Bonchev–Trinajstić information content (AvgIpc) is 3.16. The SMILES string of the molecule is COc1cccc(C(=O)Nc2sc3c(c2C(=O)NCc2ccccc2)CCCC3)c1. The number of rotatable bonds is 6. The third-order valence-electron chi connectivity index (χ3n) is 5.25. The number of anilines is 1. The summed E-state index contributed by atoms with van der Waals surface area (Å²) in [5.74, 6) is 0.234. The first kappa shape index (κ1) is 20.2. The summed E-state index contributed by atoms with van der Waals surface area (Å²) in [6, 6.07) is 16.8. The molecular weight excluding hydrogens is 396 g/mol. The van der Waals surface area contributed by atoms with Crippen LogP contribution in [0.5, 0.6) is 5.75 Å². The predicted octanol–water partition coefficient (Wildman–Crippen LogP) is 4.82. The van der Waals surface area contributed by atoms with E-state index in [2.05, 4.69) is 10.6 Å². The Kier molecular flexibility index (Phi) is 6.14. The summed E-state index contributed by atoms with van der Waals surface area (Å²) in [4.78, 5) is 27.2. The quantitative estimate of drug-likeness (QED) is 0.601. The van der Waals surface area contributed by atoms with Gasteiger partial charge in [-0.1, -0.05) is 36.4 Å². The number of hydrogen-bond donors (Lipinski definition) is 2. The lowest BCUT2D eigenvalue weighted by atomic mass is 9.95. The van der Waals surface area contributed by atoms with Gasteiger partial charge in [0.1, 0.15) is 10.8 Å². The van der Waals surface area contributed by atoms with E-state index >= 15 is 0 Å². The second-order valence-corrected chi connectivity index (χ2v) is 8.37. The number of carbonyl (C=O) groups excluding carboxylic acids is 2. The van der Waals surface area contributed by atoms with Gasteiger partial charge in [0, 0.05) is 17.0 Å². The Balaban J connectivity index is 1.58. The molecule has 0 aliphatic heterocycles. The fourth-order valence-electron chi connectivity index (χ4n) is 3.70. The van der Waals surface area contributed by atoms with Crippen molar-refractivity contribution in [2.45, 2.75) is 32.2 Å². The van der Waals surface area contributed by atoms with E-state index in [1.807, 2.05) is 30.3 Å². The first-order valence-corrected chi connectivity index (χ1v) is 10.9. The Morgan fingerprint density at radius 3 is 2.60 bits per heavy atom. The van der Waals surface area contributed by atoms with Gasteiger partial charge in [-0.15, -0.1) is 11.3 Å². The Morgan fingerprint density at radius 2 is 1.80 bits per heavy atom. The van der Waals surface area contributed by atoms with Crippen LogP contribution in [-0.2, 0) is 19.4 Å². The number of methoxy groups -OCH3 is 1. The van der Waals surface area contributed by atoms with Gasteiger partial charge in [0.2, 0.25) is 0 Å². The summed E-state index contributed by atoms with van der Waals surface area (Å²) in [6.07, 6.45) is 4.00. The van der Waals surface area contributed by atoms with Crippen LogP contribution in [-0.4, -0.2) is 18.9 Å². The van der Waals surface area contributed by atoms with E-state index < -0.39 is 0 Å². The summed E-state index contributed by atoms with van der Waals surface area (Å²) in [7, 11) is 1.57. The van der Waals surface area contributed by atoms with Gasteiger partial charge in [0.15, 0.2) is 0 Å². The fourth-order valence-corrected chi connectivity index (χ4v) is 4.98. The molecule has 0 atom stereocenters. The number of amides is 2. The van der Waals surface area contributed by atoms with Crippen LogP contribution in [0, 0.1) is 0 Å². The van der Waals surface area contributed by atoms with Gasteiger partial charge in [-0.2, -0.15) is 0 Å². The fraction of sp³-hybridized carbons (Fsp3) is 0.250. The van der Waals surface area contributed by atoms with Crippen molar-refractivity contribution >= 4 is 28.2 Å². The van der Waals surface area contributed by atoms with Gasteiger partial charge < -0.3 is 15.4 Å². The van der Waals surface area contributed by atoms with Crippen molar-refractivity contribution in [2.75, 3.05) is 12.4 Å². The maximum absolute atomic E-state index is 13.1. The lowest BCUT2D eigenvalue weighted by Gasteiger charge is -2.13. The molecular formula is C24H24N2O3S. The van der Waals surface area contributed by atoms with E-state index in [1.54, 1.807) is 31.4 Å². The molecule has 2 N–H and O–H groups in total. The minimum atomic E-state index is -0.246. The van der Waals surface area contributed by atoms with Crippen LogP contribution in [0.15, 0.2) is 54.6 Å². The summed E-state index contributed by atoms with van der Waals surface area (Å²) >= 11 is 1.52. The summed E-state index contributed by atoms with van der Waals surface area (Å²) in [5.41, 5.74) is 3.23. The van der Waals surface area contributed by atoms with E-state index in [0.29, 0.717) is 28.4 Å². The molecule has 1 aliphatic carbocycles. The van der Waals surface area contributed by atoms with E-state index in [9.17, 15) is 9.59 Å². The molecule has 6 heteroatoms. The van der Waals surface area contributed by atoms with Crippen LogP contribution in [0.3, 0.4) is 0 Å². The van der Waals surface area contributed by atoms with Gasteiger partial charge in [0.25, 0.3) is 11.8 Å². The van der Waals surface area contributed by atoms with E-state index in [0.717, 1.165) is 36.8 Å². The number of ether oxygens (including phenoxy) is 1. The Morgan fingerprint density at radius 1 is 1.00 bits per heavy atom. The zero-order valence-electron chi connectivity index (χ0n) is 16.9. The molecule has 5 nitrogen and oxygen atoms in total. The standard InChI is InChI=1S/C24H24N2O3S/c1-29-18-11-7-10-17(14-18)22(27)26-24-21(19-12-5-6-13-20(19)30-24)23(28)25-15-16-8-3-2-4-9-16/h2-4,7-11,14H,5-6,12-13,15H2,1H3,(H,25,28)(H,26,27). The monoisotopic (exact) mass is 420 g/mol. The summed E-state index contributed by atoms with van der Waals surface area (Å²) < 4.78 is 5.22. The number of aryl methyl sites for hydroxylation is 1. The molecule has 3 aromatic rings. The van der Waals surface area contributed by atoms with Crippen molar-refractivity contribution in [3.63, 3.8) is 0 Å². The Labute approximate surface area is 180 Å². The number of hydrogen-bond acceptors (Lipinski definition) is 4. The first-order valence-electron chi connectivity index (χ1n) is 10.1. The molecule has 0 fully saturated rings. The van der Waals surface area contributed by atoms with Crippen molar-refractivity contribution in [1.82, 2.24) is 5.32 Å². The van der Waals surface area contributed by atoms with Gasteiger partial charge in [-0.25, -0.2) is 0 Å². The molecule has 0 saturated heterocycles. The van der Waals surface area contributed by atoms with Crippen LogP contribution in [0.4, 0.5) is 5.00 Å². The molecule has 1 aliphatic rings. The second-order valence-electron chi connectivity index (χ2n) is 7.27. The van der Waals surface area contributed by atoms with Crippen molar-refractivity contribution in [2.24, 2.45) is 0 Å². The number of carbonyl (C=O) groups is 2. The van der Waals surface area contributed by atoms with Gasteiger partial charge in [0.05, 0.1) is 12.7 Å². The lowest BCUT2D eigenvalue weighted by molar-refractivity contribution is 0.0951. The molecule has 0 saturated carbocycles. The van der Waals surface area contributed by atoms with Gasteiger partial charge in [-0.3, -0.25) is 9.59 Å². The van der Waals surface area contributed by atoms with E-state index in [-0.39, 0.29) is 11.8 Å². The molecule has 0 spiro atoms. The zero-order chi connectivity index (χ0) is 20.9. The van der Waals surface area contributed by atoms with Crippen LogP contribution >= 0.6 is 11.3 Å². The molecule has 1 aromatic heterocycles. The minimum absolute atomic E-state index is 0.140. The highest BCUT2D eigenvalue weighted by molar-refractivity contribution is 7.17. The normalized spacial score (nSPS) is 12.7. The molecule has 0 radical (unpaired) electrons. The maximum Gasteiger partial charge on any atom is 0.256 e. The predicted molar refractivity (Wildman–Crippen MR) is 120 cm³/mol. The minimum Gasteiger partial charge on any atom is -0.497 e. The Hall–Kier alpha value is -3.12. The maximum atomic E-state index is 13.1. The molecule has 2 amide bonds.